The molecule has 1 rings (SSSR count). The minimum absolute atomic E-state index is 0.407. The van der Waals surface area contributed by atoms with Gasteiger partial charge in [-0.3, -0.25) is 4.28 Å². The molecule has 0 amide bonds. The highest BCUT2D eigenvalue weighted by Gasteiger charge is 2.03. The van der Waals surface area contributed by atoms with E-state index in [4.69, 9.17) is 5.73 Å². The largest absolute Gasteiger partial charge is 0.860 e. The van der Waals surface area contributed by atoms with Crippen molar-refractivity contribution >= 4 is 22.7 Å². The minimum atomic E-state index is -1.76. The van der Waals surface area contributed by atoms with E-state index < -0.39 is 17.0 Å². The molecule has 76 valence electrons. The minimum Gasteiger partial charge on any atom is -0.860 e. The number of hydrogen-bond donors (Lipinski definition) is 1. The molecule has 0 saturated heterocycles. The molecular formula is C8H9N2O3S-. The van der Waals surface area contributed by atoms with Gasteiger partial charge in [0.05, 0.1) is 4.90 Å². The zero-order chi connectivity index (χ0) is 10.6. The molecule has 2 N–H and O–H groups in total. The van der Waals surface area contributed by atoms with Gasteiger partial charge in [-0.15, -0.1) is 0 Å². The van der Waals surface area contributed by atoms with Gasteiger partial charge >= 0.3 is 0 Å². The van der Waals surface area contributed by atoms with E-state index in [0.717, 1.165) is 0 Å². The lowest BCUT2D eigenvalue weighted by Gasteiger charge is -2.02. The van der Waals surface area contributed by atoms with Crippen LogP contribution in [0.15, 0.2) is 34.3 Å². The summed E-state index contributed by atoms with van der Waals surface area (Å²) in [5.74, 6) is -0.534. The number of nitrogens with zero attached hydrogens (tertiary/aromatic N) is 1. The molecule has 0 aliphatic carbocycles. The number of benzene rings is 1. The molecule has 0 bridgehead atoms. The second-order valence-corrected chi connectivity index (χ2v) is 3.58. The average Bonchev–Trinajstić information content (AvgIpc) is 2.15. The molecule has 0 aliphatic rings. The van der Waals surface area contributed by atoms with E-state index in [-0.39, 0.29) is 0 Å². The molecule has 0 heterocycles. The first-order valence-electron chi connectivity index (χ1n) is 3.76. The zero-order valence-corrected chi connectivity index (χ0v) is 8.28. The Hall–Kier alpha value is -1.56. The van der Waals surface area contributed by atoms with Gasteiger partial charge in [-0.25, -0.2) is 4.21 Å². The summed E-state index contributed by atoms with van der Waals surface area (Å²) in [5.41, 5.74) is 6.00. The van der Waals surface area contributed by atoms with Crippen LogP contribution in [0.4, 0.5) is 5.69 Å². The molecule has 0 saturated carbocycles. The van der Waals surface area contributed by atoms with E-state index >= 15 is 0 Å². The van der Waals surface area contributed by atoms with E-state index in [1.807, 2.05) is 0 Å². The summed E-state index contributed by atoms with van der Waals surface area (Å²) in [4.78, 5) is 0.407. The zero-order valence-electron chi connectivity index (χ0n) is 7.47. The Bertz CT molecular complexity index is 357. The summed E-state index contributed by atoms with van der Waals surface area (Å²) >= 11 is -1.76. The Morgan fingerprint density at radius 2 is 2.07 bits per heavy atom. The van der Waals surface area contributed by atoms with Gasteiger partial charge in [0.25, 0.3) is 11.1 Å². The van der Waals surface area contributed by atoms with Crippen LogP contribution < -0.4 is 10.8 Å². The van der Waals surface area contributed by atoms with E-state index in [0.29, 0.717) is 10.6 Å². The lowest BCUT2D eigenvalue weighted by atomic mass is 10.3. The van der Waals surface area contributed by atoms with Gasteiger partial charge in [0, 0.05) is 11.6 Å². The monoisotopic (exact) mass is 213 g/mol. The number of nitrogen functional groups attached to an aromatic ring is 1. The predicted octanol–water partition coefficient (Wildman–Crippen LogP) is 0.00170. The molecule has 1 aromatic rings. The number of nitrogens with two attached hydrogens (primary N) is 1. The lowest BCUT2D eigenvalue weighted by molar-refractivity contribution is -0.218. The summed E-state index contributed by atoms with van der Waals surface area (Å²) in [7, 11) is 0. The Morgan fingerprint density at radius 3 is 2.57 bits per heavy atom. The van der Waals surface area contributed by atoms with Crippen molar-refractivity contribution in [2.45, 2.75) is 11.8 Å². The van der Waals surface area contributed by atoms with Crippen molar-refractivity contribution in [1.82, 2.24) is 0 Å². The smallest absolute Gasteiger partial charge is 0.265 e. The Kier molecular flexibility index (Phi) is 3.47. The fourth-order valence-corrected chi connectivity index (χ4v) is 1.33. The molecule has 0 spiro atoms. The Morgan fingerprint density at radius 1 is 1.50 bits per heavy atom. The second kappa shape index (κ2) is 4.61. The fraction of sp³-hybridized carbons (Fsp3) is 0.125. The van der Waals surface area contributed by atoms with Gasteiger partial charge in [0.2, 0.25) is 0 Å². The lowest BCUT2D eigenvalue weighted by Crippen LogP contribution is -2.12. The highest BCUT2D eigenvalue weighted by Crippen LogP contribution is 2.10. The van der Waals surface area contributed by atoms with Crippen molar-refractivity contribution in [2.24, 2.45) is 5.16 Å². The third kappa shape index (κ3) is 3.06. The molecule has 1 aromatic carbocycles. The predicted molar refractivity (Wildman–Crippen MR) is 51.5 cm³/mol. The topological polar surface area (TPSA) is 87.7 Å². The van der Waals surface area contributed by atoms with Gasteiger partial charge in [-0.05, 0) is 31.2 Å². The molecular weight excluding hydrogens is 204 g/mol. The maximum atomic E-state index is 11.3. The van der Waals surface area contributed by atoms with Crippen molar-refractivity contribution in [1.29, 1.82) is 0 Å². The summed E-state index contributed by atoms with van der Waals surface area (Å²) in [6, 6.07) is 6.26. The Balaban J connectivity index is 2.70. The van der Waals surface area contributed by atoms with E-state index in [1.54, 1.807) is 24.3 Å². The second-order valence-electron chi connectivity index (χ2n) is 2.49. The van der Waals surface area contributed by atoms with Crippen LogP contribution in [0.2, 0.25) is 0 Å². The van der Waals surface area contributed by atoms with Crippen molar-refractivity contribution in [3.8, 4) is 0 Å². The van der Waals surface area contributed by atoms with Crippen LogP contribution in [-0.4, -0.2) is 10.1 Å². The highest BCUT2D eigenvalue weighted by atomic mass is 32.2. The number of rotatable bonds is 3. The third-order valence-corrected chi connectivity index (χ3v) is 2.17. The first kappa shape index (κ1) is 10.5. The van der Waals surface area contributed by atoms with Gasteiger partial charge in [0.1, 0.15) is 0 Å². The summed E-state index contributed by atoms with van der Waals surface area (Å²) in [5, 5.41) is 13.4. The first-order valence-corrected chi connectivity index (χ1v) is 4.83. The normalized spacial score (nSPS) is 13.6. The molecule has 0 radical (unpaired) electrons. The van der Waals surface area contributed by atoms with Gasteiger partial charge in [-0.2, -0.15) is 0 Å². The van der Waals surface area contributed by atoms with Gasteiger partial charge in [-0.1, -0.05) is 5.16 Å². The molecule has 1 unspecified atom stereocenters. The quantitative estimate of drug-likeness (QED) is 0.331. The van der Waals surface area contributed by atoms with E-state index in [1.165, 1.54) is 6.92 Å². The van der Waals surface area contributed by atoms with Crippen LogP contribution in [0.3, 0.4) is 0 Å². The molecule has 5 nitrogen and oxygen atoms in total. The van der Waals surface area contributed by atoms with Crippen LogP contribution in [0.1, 0.15) is 6.92 Å². The fourth-order valence-electron chi connectivity index (χ4n) is 0.708. The molecule has 14 heavy (non-hydrogen) atoms. The summed E-state index contributed by atoms with van der Waals surface area (Å²) in [6.45, 7) is 1.21. The highest BCUT2D eigenvalue weighted by molar-refractivity contribution is 7.80. The number of hydrogen-bond acceptors (Lipinski definition) is 5. The van der Waals surface area contributed by atoms with Crippen molar-refractivity contribution < 1.29 is 13.6 Å². The van der Waals surface area contributed by atoms with Crippen LogP contribution in [-0.2, 0) is 15.4 Å². The molecule has 1 atom stereocenters. The van der Waals surface area contributed by atoms with Crippen LogP contribution >= 0.6 is 0 Å². The van der Waals surface area contributed by atoms with Crippen molar-refractivity contribution in [3.63, 3.8) is 0 Å². The van der Waals surface area contributed by atoms with Crippen molar-refractivity contribution in [2.75, 3.05) is 5.73 Å². The standard InChI is InChI=1S/C8H10N2O3S/c1-6(11)10-13-14(12)8-4-2-7(9)3-5-8/h2-5H,9H2,1H3,(H,10,11)/p-1. The molecule has 0 fully saturated rings. The summed E-state index contributed by atoms with van der Waals surface area (Å²) in [6.07, 6.45) is 0. The van der Waals surface area contributed by atoms with Gasteiger partial charge < -0.3 is 10.8 Å². The number of oxime groups is 1. The summed E-state index contributed by atoms with van der Waals surface area (Å²) < 4.78 is 15.7. The van der Waals surface area contributed by atoms with Crippen LogP contribution in [0.25, 0.3) is 0 Å². The molecule has 0 aliphatic heterocycles. The average molecular weight is 213 g/mol. The third-order valence-electron chi connectivity index (χ3n) is 1.31. The first-order chi connectivity index (χ1) is 6.59. The van der Waals surface area contributed by atoms with E-state index in [9.17, 15) is 9.32 Å². The van der Waals surface area contributed by atoms with E-state index in [2.05, 4.69) is 9.44 Å². The number of anilines is 1. The van der Waals surface area contributed by atoms with Crippen LogP contribution in [0.5, 0.6) is 0 Å². The van der Waals surface area contributed by atoms with Gasteiger partial charge in [0.15, 0.2) is 0 Å². The maximum Gasteiger partial charge on any atom is 0.265 e. The maximum absolute atomic E-state index is 11.3. The Labute approximate surface area is 83.8 Å². The molecule has 0 aromatic heterocycles. The van der Waals surface area contributed by atoms with Crippen molar-refractivity contribution in [3.05, 3.63) is 24.3 Å². The van der Waals surface area contributed by atoms with Crippen LogP contribution in [0, 0.1) is 0 Å². The molecule has 6 heteroatoms. The SMILES string of the molecule is C/C([O-])=N\OS(=O)c1ccc(N)cc1.